The molecule has 0 saturated carbocycles. The lowest BCUT2D eigenvalue weighted by Gasteiger charge is -2.22. The van der Waals surface area contributed by atoms with Crippen molar-refractivity contribution in [2.24, 2.45) is 5.16 Å². The molecule has 28 heavy (non-hydrogen) atoms. The molecule has 0 bridgehead atoms. The quantitative estimate of drug-likeness (QED) is 0.233. The molecule has 0 saturated heterocycles. The van der Waals surface area contributed by atoms with Gasteiger partial charge in [-0.1, -0.05) is 35.5 Å². The van der Waals surface area contributed by atoms with E-state index in [0.717, 1.165) is 0 Å². The average molecular weight is 390 g/mol. The number of quaternary nitrogens is 1. The SMILES string of the molecule is CCOC(=O)Nc1cc(NC(C)/C(=N/O)c2ccccc2)c([NH+]([O-])O)c(N)n1. The molecular formula is C17H22N6O5. The predicted molar refractivity (Wildman–Crippen MR) is 103 cm³/mol. The molecule has 0 aliphatic heterocycles. The van der Waals surface area contributed by atoms with Gasteiger partial charge in [-0.15, -0.1) is 0 Å². The summed E-state index contributed by atoms with van der Waals surface area (Å²) in [5, 5.41) is 37.8. The van der Waals surface area contributed by atoms with Crippen LogP contribution >= 0.6 is 0 Å². The minimum atomic E-state index is -1.30. The van der Waals surface area contributed by atoms with Crippen molar-refractivity contribution in [3.8, 4) is 0 Å². The van der Waals surface area contributed by atoms with Crippen LogP contribution in [-0.2, 0) is 4.74 Å². The van der Waals surface area contributed by atoms with Crippen LogP contribution in [0.2, 0.25) is 0 Å². The van der Waals surface area contributed by atoms with Crippen LogP contribution in [0.15, 0.2) is 41.6 Å². The Morgan fingerprint density at radius 3 is 2.68 bits per heavy atom. The normalized spacial score (nSPS) is 13.5. The van der Waals surface area contributed by atoms with Gasteiger partial charge in [0.15, 0.2) is 5.82 Å². The van der Waals surface area contributed by atoms with Gasteiger partial charge in [-0.3, -0.25) is 5.32 Å². The van der Waals surface area contributed by atoms with E-state index in [4.69, 9.17) is 10.5 Å². The highest BCUT2D eigenvalue weighted by atomic mass is 16.8. The number of hydrogen-bond acceptors (Lipinski definition) is 9. The average Bonchev–Trinajstić information content (AvgIpc) is 2.62. The van der Waals surface area contributed by atoms with Crippen molar-refractivity contribution < 1.29 is 25.2 Å². The molecule has 0 spiro atoms. The van der Waals surface area contributed by atoms with Crippen LogP contribution in [-0.4, -0.2) is 39.9 Å². The number of pyridine rings is 1. The second-order valence-electron chi connectivity index (χ2n) is 5.68. The maximum absolute atomic E-state index is 11.6. The fourth-order valence-electron chi connectivity index (χ4n) is 2.54. The molecule has 150 valence electrons. The van der Waals surface area contributed by atoms with Gasteiger partial charge in [0.2, 0.25) is 5.69 Å². The highest BCUT2D eigenvalue weighted by Gasteiger charge is 2.22. The number of benzene rings is 1. The van der Waals surface area contributed by atoms with Crippen molar-refractivity contribution in [2.45, 2.75) is 19.9 Å². The maximum Gasteiger partial charge on any atom is 0.412 e. The number of aromatic nitrogens is 1. The summed E-state index contributed by atoms with van der Waals surface area (Å²) in [7, 11) is 0. The molecule has 2 atom stereocenters. The van der Waals surface area contributed by atoms with Crippen molar-refractivity contribution >= 4 is 34.8 Å². The number of carbonyl (C=O) groups is 1. The molecule has 1 amide bonds. The summed E-state index contributed by atoms with van der Waals surface area (Å²) in [6.07, 6.45) is -0.752. The van der Waals surface area contributed by atoms with E-state index in [2.05, 4.69) is 20.8 Å². The van der Waals surface area contributed by atoms with Gasteiger partial charge in [-0.25, -0.2) is 15.0 Å². The summed E-state index contributed by atoms with van der Waals surface area (Å²) in [6, 6.07) is 9.59. The van der Waals surface area contributed by atoms with Crippen molar-refractivity contribution in [1.29, 1.82) is 0 Å². The minimum absolute atomic E-state index is 0.0119. The van der Waals surface area contributed by atoms with E-state index in [-0.39, 0.29) is 35.3 Å². The van der Waals surface area contributed by atoms with E-state index in [0.29, 0.717) is 5.56 Å². The number of nitrogens with one attached hydrogen (secondary N) is 3. The van der Waals surface area contributed by atoms with Gasteiger partial charge in [0.25, 0.3) is 0 Å². The summed E-state index contributed by atoms with van der Waals surface area (Å²) in [6.45, 7) is 3.48. The fraction of sp³-hybridized carbons (Fsp3) is 0.235. The summed E-state index contributed by atoms with van der Waals surface area (Å²) < 4.78 is 4.78. The Labute approximate surface area is 161 Å². The fourth-order valence-corrected chi connectivity index (χ4v) is 2.54. The second-order valence-corrected chi connectivity index (χ2v) is 5.68. The summed E-state index contributed by atoms with van der Waals surface area (Å²) in [5.41, 5.74) is 6.52. The number of amides is 1. The Kier molecular flexibility index (Phi) is 7.09. The lowest BCUT2D eigenvalue weighted by molar-refractivity contribution is -0.990. The first-order valence-corrected chi connectivity index (χ1v) is 8.38. The van der Waals surface area contributed by atoms with Crippen LogP contribution < -0.4 is 21.6 Å². The predicted octanol–water partition coefficient (Wildman–Crippen LogP) is 1.31. The van der Waals surface area contributed by atoms with E-state index in [9.17, 15) is 20.4 Å². The second kappa shape index (κ2) is 9.50. The molecule has 2 unspecified atom stereocenters. The Morgan fingerprint density at radius 1 is 1.43 bits per heavy atom. The Balaban J connectivity index is 2.36. The lowest BCUT2D eigenvalue weighted by Crippen LogP contribution is -2.99. The molecule has 0 aliphatic rings. The first-order chi connectivity index (χ1) is 13.4. The van der Waals surface area contributed by atoms with Gasteiger partial charge < -0.3 is 26.2 Å². The smallest absolute Gasteiger partial charge is 0.412 e. The molecular weight excluding hydrogens is 368 g/mol. The Morgan fingerprint density at radius 2 is 2.11 bits per heavy atom. The molecule has 1 aromatic heterocycles. The first-order valence-electron chi connectivity index (χ1n) is 8.38. The lowest BCUT2D eigenvalue weighted by atomic mass is 10.0. The Hall–Kier alpha value is -3.41. The van der Waals surface area contributed by atoms with Crippen LogP contribution in [0.4, 0.5) is 27.8 Å². The van der Waals surface area contributed by atoms with Gasteiger partial charge in [-0.2, -0.15) is 5.23 Å². The number of ether oxygens (including phenoxy) is 1. The number of hydrogen-bond donors (Lipinski definition) is 6. The molecule has 1 aromatic carbocycles. The Bertz CT molecular complexity index is 843. The molecule has 11 heteroatoms. The monoisotopic (exact) mass is 390 g/mol. The topological polar surface area (TPSA) is 170 Å². The number of rotatable bonds is 7. The van der Waals surface area contributed by atoms with Crippen LogP contribution in [0, 0.1) is 5.21 Å². The molecule has 2 rings (SSSR count). The van der Waals surface area contributed by atoms with Gasteiger partial charge in [-0.05, 0) is 13.8 Å². The van der Waals surface area contributed by atoms with Crippen LogP contribution in [0.1, 0.15) is 19.4 Å². The molecule has 0 radical (unpaired) electrons. The summed E-state index contributed by atoms with van der Waals surface area (Å²) in [4.78, 5) is 15.5. The molecule has 1 heterocycles. The van der Waals surface area contributed by atoms with Gasteiger partial charge in [0, 0.05) is 11.6 Å². The highest BCUT2D eigenvalue weighted by Crippen LogP contribution is 2.28. The van der Waals surface area contributed by atoms with E-state index in [1.807, 2.05) is 6.07 Å². The third kappa shape index (κ3) is 5.07. The van der Waals surface area contributed by atoms with Gasteiger partial charge >= 0.3 is 6.09 Å². The van der Waals surface area contributed by atoms with Crippen LogP contribution in [0.25, 0.3) is 0 Å². The number of oxime groups is 1. The summed E-state index contributed by atoms with van der Waals surface area (Å²) in [5.74, 6) is -0.281. The van der Waals surface area contributed by atoms with Crippen molar-refractivity contribution in [1.82, 2.24) is 4.98 Å². The van der Waals surface area contributed by atoms with Gasteiger partial charge in [0.05, 0.1) is 12.6 Å². The number of carbonyl (C=O) groups excluding carboxylic acids is 1. The molecule has 0 aliphatic carbocycles. The van der Waals surface area contributed by atoms with Crippen LogP contribution in [0.3, 0.4) is 0 Å². The molecule has 7 N–H and O–H groups in total. The van der Waals surface area contributed by atoms with E-state index in [1.165, 1.54) is 6.07 Å². The zero-order valence-electron chi connectivity index (χ0n) is 15.3. The first kappa shape index (κ1) is 20.9. The van der Waals surface area contributed by atoms with Gasteiger partial charge in [0.1, 0.15) is 17.2 Å². The van der Waals surface area contributed by atoms with Crippen molar-refractivity contribution in [3.05, 3.63) is 47.2 Å². The van der Waals surface area contributed by atoms with E-state index >= 15 is 0 Å². The highest BCUT2D eigenvalue weighted by molar-refractivity contribution is 6.05. The number of anilines is 3. The maximum atomic E-state index is 11.6. The summed E-state index contributed by atoms with van der Waals surface area (Å²) >= 11 is 0. The standard InChI is InChI=1S/C17H22N6O5/c1-3-28-17(24)21-13-9-12(15(23(26)27)16(18)20-13)19-10(2)14(22-25)11-7-5-4-6-8-11/h4-10,23,25-26H,3H2,1-2H3,(H4,18,19,20,21,24)/b22-14-. The zero-order valence-corrected chi connectivity index (χ0v) is 15.3. The van der Waals surface area contributed by atoms with Crippen molar-refractivity contribution in [2.75, 3.05) is 23.0 Å². The van der Waals surface area contributed by atoms with E-state index in [1.54, 1.807) is 38.1 Å². The molecule has 0 fully saturated rings. The minimum Gasteiger partial charge on any atom is -0.595 e. The van der Waals surface area contributed by atoms with E-state index < -0.39 is 17.4 Å². The number of nitrogen functional groups attached to an aromatic ring is 1. The zero-order chi connectivity index (χ0) is 20.7. The third-order valence-electron chi connectivity index (χ3n) is 3.73. The largest absolute Gasteiger partial charge is 0.595 e. The molecule has 2 aromatic rings. The molecule has 11 nitrogen and oxygen atoms in total. The number of nitrogens with zero attached hydrogens (tertiary/aromatic N) is 2. The third-order valence-corrected chi connectivity index (χ3v) is 3.73. The van der Waals surface area contributed by atoms with Crippen LogP contribution in [0.5, 0.6) is 0 Å². The number of nitrogens with two attached hydrogens (primary N) is 1. The van der Waals surface area contributed by atoms with Crippen molar-refractivity contribution in [3.63, 3.8) is 0 Å².